The summed E-state index contributed by atoms with van der Waals surface area (Å²) in [6, 6.07) is 3.32. The van der Waals surface area contributed by atoms with Crippen molar-refractivity contribution in [1.29, 1.82) is 0 Å². The standard InChI is InChI=1S/C17H27N3O3S2/c1-3-11-18-16(21)13-24-17-10-9-15(12-19-17)25(22,23)20(2)14-7-5-4-6-8-14/h9-10,12,14H,3-8,11,13H2,1-2H3,(H,18,21). The van der Waals surface area contributed by atoms with Crippen molar-refractivity contribution in [1.82, 2.24) is 14.6 Å². The van der Waals surface area contributed by atoms with Crippen molar-refractivity contribution in [2.24, 2.45) is 0 Å². The second-order valence-corrected chi connectivity index (χ2v) is 9.28. The molecule has 1 fully saturated rings. The number of carbonyl (C=O) groups is 1. The summed E-state index contributed by atoms with van der Waals surface area (Å²) in [4.78, 5) is 16.0. The predicted octanol–water partition coefficient (Wildman–Crippen LogP) is 2.65. The Labute approximate surface area is 154 Å². The molecule has 1 aromatic heterocycles. The fourth-order valence-corrected chi connectivity index (χ4v) is 4.90. The maximum atomic E-state index is 12.7. The summed E-state index contributed by atoms with van der Waals surface area (Å²) < 4.78 is 27.0. The van der Waals surface area contributed by atoms with E-state index in [1.54, 1.807) is 19.2 Å². The van der Waals surface area contributed by atoms with E-state index >= 15 is 0 Å². The van der Waals surface area contributed by atoms with E-state index < -0.39 is 10.0 Å². The van der Waals surface area contributed by atoms with Crippen molar-refractivity contribution in [2.75, 3.05) is 19.3 Å². The molecule has 1 N–H and O–H groups in total. The number of sulfonamides is 1. The van der Waals surface area contributed by atoms with E-state index in [4.69, 9.17) is 0 Å². The quantitative estimate of drug-likeness (QED) is 0.696. The number of hydrogen-bond acceptors (Lipinski definition) is 5. The molecule has 2 rings (SSSR count). The van der Waals surface area contributed by atoms with Crippen LogP contribution in [0.15, 0.2) is 28.3 Å². The van der Waals surface area contributed by atoms with Crippen molar-refractivity contribution in [3.8, 4) is 0 Å². The summed E-state index contributed by atoms with van der Waals surface area (Å²) in [6.45, 7) is 2.66. The summed E-state index contributed by atoms with van der Waals surface area (Å²) in [7, 11) is -1.86. The van der Waals surface area contributed by atoms with Crippen LogP contribution in [0.2, 0.25) is 0 Å². The molecule has 0 aliphatic heterocycles. The molecule has 0 atom stereocenters. The highest BCUT2D eigenvalue weighted by Gasteiger charge is 2.29. The van der Waals surface area contributed by atoms with Crippen molar-refractivity contribution in [2.45, 2.75) is 61.4 Å². The van der Waals surface area contributed by atoms with Gasteiger partial charge in [-0.1, -0.05) is 37.9 Å². The lowest BCUT2D eigenvalue weighted by atomic mass is 9.96. The zero-order chi connectivity index (χ0) is 18.3. The number of aromatic nitrogens is 1. The Kier molecular flexibility index (Phi) is 7.71. The summed E-state index contributed by atoms with van der Waals surface area (Å²) >= 11 is 1.30. The SMILES string of the molecule is CCCNC(=O)CSc1ccc(S(=O)(=O)N(C)C2CCCCC2)cn1. The van der Waals surface area contributed by atoms with Crippen LogP contribution in [-0.2, 0) is 14.8 Å². The molecule has 1 saturated carbocycles. The summed E-state index contributed by atoms with van der Waals surface area (Å²) in [5.41, 5.74) is 0. The molecule has 0 unspecified atom stereocenters. The van der Waals surface area contributed by atoms with E-state index in [0.29, 0.717) is 11.6 Å². The topological polar surface area (TPSA) is 79.4 Å². The number of pyridine rings is 1. The van der Waals surface area contributed by atoms with E-state index in [1.807, 2.05) is 6.92 Å². The Morgan fingerprint density at radius 1 is 1.32 bits per heavy atom. The molecular formula is C17H27N3O3S2. The number of thioether (sulfide) groups is 1. The Bertz CT molecular complexity index is 656. The average molecular weight is 386 g/mol. The number of nitrogens with one attached hydrogen (secondary N) is 1. The lowest BCUT2D eigenvalue weighted by Crippen LogP contribution is -2.38. The third-order valence-corrected chi connectivity index (χ3v) is 7.24. The fourth-order valence-electron chi connectivity index (χ4n) is 2.87. The highest BCUT2D eigenvalue weighted by molar-refractivity contribution is 7.99. The average Bonchev–Trinajstić information content (AvgIpc) is 2.65. The van der Waals surface area contributed by atoms with E-state index in [9.17, 15) is 13.2 Å². The van der Waals surface area contributed by atoms with Crippen molar-refractivity contribution < 1.29 is 13.2 Å². The Hall–Kier alpha value is -1.12. The van der Waals surface area contributed by atoms with Crippen LogP contribution in [0.1, 0.15) is 45.4 Å². The van der Waals surface area contributed by atoms with Gasteiger partial charge >= 0.3 is 0 Å². The highest BCUT2D eigenvalue weighted by Crippen LogP contribution is 2.26. The third kappa shape index (κ3) is 5.69. The minimum absolute atomic E-state index is 0.0395. The molecule has 0 bridgehead atoms. The number of hydrogen-bond donors (Lipinski definition) is 1. The second kappa shape index (κ2) is 9.54. The molecule has 1 aliphatic carbocycles. The van der Waals surface area contributed by atoms with Crippen LogP contribution in [0.3, 0.4) is 0 Å². The van der Waals surface area contributed by atoms with Gasteiger partial charge in [-0.3, -0.25) is 4.79 Å². The molecule has 0 aromatic carbocycles. The van der Waals surface area contributed by atoms with Crippen LogP contribution < -0.4 is 5.32 Å². The first-order chi connectivity index (χ1) is 11.9. The van der Waals surface area contributed by atoms with Crippen LogP contribution in [0.25, 0.3) is 0 Å². The van der Waals surface area contributed by atoms with Gasteiger partial charge in [-0.15, -0.1) is 0 Å². The minimum Gasteiger partial charge on any atom is -0.355 e. The van der Waals surface area contributed by atoms with Crippen molar-refractivity contribution in [3.63, 3.8) is 0 Å². The van der Waals surface area contributed by atoms with Gasteiger partial charge in [0.2, 0.25) is 15.9 Å². The molecule has 6 nitrogen and oxygen atoms in total. The highest BCUT2D eigenvalue weighted by atomic mass is 32.2. The van der Waals surface area contributed by atoms with E-state index in [2.05, 4.69) is 10.3 Å². The molecular weight excluding hydrogens is 358 g/mol. The molecule has 0 spiro atoms. The number of amides is 1. The summed E-state index contributed by atoms with van der Waals surface area (Å²) in [5, 5.41) is 3.44. The van der Waals surface area contributed by atoms with Gasteiger partial charge < -0.3 is 5.32 Å². The molecule has 140 valence electrons. The molecule has 0 radical (unpaired) electrons. The first-order valence-corrected chi connectivity index (χ1v) is 11.2. The van der Waals surface area contributed by atoms with Gasteiger partial charge in [-0.2, -0.15) is 4.31 Å². The normalized spacial score (nSPS) is 16.1. The van der Waals surface area contributed by atoms with E-state index in [1.165, 1.54) is 28.7 Å². The van der Waals surface area contributed by atoms with Gasteiger partial charge in [-0.05, 0) is 31.4 Å². The van der Waals surface area contributed by atoms with Gasteiger partial charge in [0.1, 0.15) is 4.90 Å². The van der Waals surface area contributed by atoms with Crippen molar-refractivity contribution >= 4 is 27.7 Å². The summed E-state index contributed by atoms with van der Waals surface area (Å²) in [6.07, 6.45) is 7.48. The smallest absolute Gasteiger partial charge is 0.244 e. The lowest BCUT2D eigenvalue weighted by molar-refractivity contribution is -0.118. The second-order valence-electron chi connectivity index (χ2n) is 6.28. The van der Waals surface area contributed by atoms with Crippen LogP contribution >= 0.6 is 11.8 Å². The Morgan fingerprint density at radius 2 is 2.04 bits per heavy atom. The monoisotopic (exact) mass is 385 g/mol. The minimum atomic E-state index is -3.52. The lowest BCUT2D eigenvalue weighted by Gasteiger charge is -2.30. The van der Waals surface area contributed by atoms with Gasteiger partial charge in [-0.25, -0.2) is 13.4 Å². The first kappa shape index (κ1) is 20.2. The van der Waals surface area contributed by atoms with E-state index in [-0.39, 0.29) is 22.6 Å². The van der Waals surface area contributed by atoms with Gasteiger partial charge in [0, 0.05) is 25.8 Å². The molecule has 0 saturated heterocycles. The first-order valence-electron chi connectivity index (χ1n) is 8.78. The molecule has 1 aliphatic rings. The maximum Gasteiger partial charge on any atom is 0.244 e. The molecule has 25 heavy (non-hydrogen) atoms. The predicted molar refractivity (Wildman–Crippen MR) is 100 cm³/mol. The fraction of sp³-hybridized carbons (Fsp3) is 0.647. The van der Waals surface area contributed by atoms with Crippen LogP contribution in [0.4, 0.5) is 0 Å². The van der Waals surface area contributed by atoms with Gasteiger partial charge in [0.25, 0.3) is 0 Å². The number of nitrogens with zero attached hydrogens (tertiary/aromatic N) is 2. The third-order valence-electron chi connectivity index (χ3n) is 4.40. The molecule has 1 heterocycles. The maximum absolute atomic E-state index is 12.7. The Balaban J connectivity index is 1.96. The van der Waals surface area contributed by atoms with Gasteiger partial charge in [0.15, 0.2) is 0 Å². The van der Waals surface area contributed by atoms with Gasteiger partial charge in [0.05, 0.1) is 10.8 Å². The van der Waals surface area contributed by atoms with Crippen LogP contribution in [0, 0.1) is 0 Å². The van der Waals surface area contributed by atoms with Crippen LogP contribution in [0.5, 0.6) is 0 Å². The molecule has 1 aromatic rings. The van der Waals surface area contributed by atoms with E-state index in [0.717, 1.165) is 32.1 Å². The van der Waals surface area contributed by atoms with Crippen LogP contribution in [-0.4, -0.2) is 49.0 Å². The Morgan fingerprint density at radius 3 is 2.64 bits per heavy atom. The zero-order valence-corrected chi connectivity index (χ0v) is 16.5. The summed E-state index contributed by atoms with van der Waals surface area (Å²) in [5.74, 6) is 0.239. The largest absolute Gasteiger partial charge is 0.355 e. The number of rotatable bonds is 8. The molecule has 8 heteroatoms. The van der Waals surface area contributed by atoms with Crippen molar-refractivity contribution in [3.05, 3.63) is 18.3 Å². The number of carbonyl (C=O) groups excluding carboxylic acids is 1. The molecule has 1 amide bonds. The zero-order valence-electron chi connectivity index (χ0n) is 14.9.